The first-order valence-corrected chi connectivity index (χ1v) is 10.3. The number of nitrogens with zero attached hydrogens (tertiary/aromatic N) is 1. The fraction of sp³-hybridized carbons (Fsp3) is 0.222. The second kappa shape index (κ2) is 8.75. The van der Waals surface area contributed by atoms with Gasteiger partial charge in [0.15, 0.2) is 11.6 Å². The molecular weight excluding hydrogens is 430 g/mol. The Morgan fingerprint density at radius 2 is 1.79 bits per heavy atom. The molecule has 1 unspecified atom stereocenters. The van der Waals surface area contributed by atoms with E-state index in [9.17, 15) is 26.8 Å². The van der Waals surface area contributed by atoms with E-state index in [0.717, 1.165) is 18.4 Å². The molecule has 0 aromatic heterocycles. The van der Waals surface area contributed by atoms with Gasteiger partial charge in [-0.15, -0.1) is 0 Å². The number of carbonyl (C=O) groups excluding carboxylic acids is 2. The van der Waals surface area contributed by atoms with Gasteiger partial charge in [-0.25, -0.2) is 22.0 Å². The molecule has 0 saturated heterocycles. The highest BCUT2D eigenvalue weighted by molar-refractivity contribution is 7.92. The fourth-order valence-corrected chi connectivity index (χ4v) is 3.87. The summed E-state index contributed by atoms with van der Waals surface area (Å²) in [6.45, 7) is 1.26. The number of rotatable bonds is 6. The zero-order chi connectivity index (χ0) is 21.9. The molecule has 7 nitrogen and oxygen atoms in total. The van der Waals surface area contributed by atoms with E-state index in [1.165, 1.54) is 32.2 Å². The van der Waals surface area contributed by atoms with Crippen molar-refractivity contribution >= 4 is 44.9 Å². The lowest BCUT2D eigenvalue weighted by molar-refractivity contribution is -0.116. The lowest BCUT2D eigenvalue weighted by Gasteiger charge is -2.28. The van der Waals surface area contributed by atoms with Gasteiger partial charge < -0.3 is 10.1 Å². The molecule has 0 heterocycles. The van der Waals surface area contributed by atoms with Crippen molar-refractivity contribution in [2.45, 2.75) is 13.0 Å². The van der Waals surface area contributed by atoms with Crippen molar-refractivity contribution in [3.05, 3.63) is 58.6 Å². The number of halogens is 3. The second-order valence-corrected chi connectivity index (χ2v) is 8.28. The van der Waals surface area contributed by atoms with Crippen molar-refractivity contribution in [1.29, 1.82) is 0 Å². The van der Waals surface area contributed by atoms with Crippen LogP contribution in [0.1, 0.15) is 17.3 Å². The maximum atomic E-state index is 13.6. The lowest BCUT2D eigenvalue weighted by Crippen LogP contribution is -2.45. The van der Waals surface area contributed by atoms with Crippen LogP contribution in [0.4, 0.5) is 20.2 Å². The van der Waals surface area contributed by atoms with E-state index in [0.29, 0.717) is 10.4 Å². The summed E-state index contributed by atoms with van der Waals surface area (Å²) in [7, 11) is -2.86. The molecule has 29 heavy (non-hydrogen) atoms. The van der Waals surface area contributed by atoms with Crippen LogP contribution in [0.3, 0.4) is 0 Å². The van der Waals surface area contributed by atoms with E-state index in [1.807, 2.05) is 0 Å². The number of hydrogen-bond donors (Lipinski definition) is 1. The van der Waals surface area contributed by atoms with Gasteiger partial charge in [0.1, 0.15) is 6.04 Å². The normalized spacial score (nSPS) is 12.2. The van der Waals surface area contributed by atoms with Crippen LogP contribution in [0.25, 0.3) is 0 Å². The van der Waals surface area contributed by atoms with Crippen molar-refractivity contribution in [3.63, 3.8) is 0 Å². The van der Waals surface area contributed by atoms with Gasteiger partial charge in [0, 0.05) is 6.07 Å². The van der Waals surface area contributed by atoms with E-state index < -0.39 is 39.6 Å². The Kier molecular flexibility index (Phi) is 6.81. The summed E-state index contributed by atoms with van der Waals surface area (Å²) in [5.41, 5.74) is -0.0750. The molecule has 2 aromatic carbocycles. The van der Waals surface area contributed by atoms with E-state index >= 15 is 0 Å². The first-order valence-electron chi connectivity index (χ1n) is 8.09. The van der Waals surface area contributed by atoms with Crippen molar-refractivity contribution in [1.82, 2.24) is 0 Å². The summed E-state index contributed by atoms with van der Waals surface area (Å²) in [6.07, 6.45) is 0.822. The summed E-state index contributed by atoms with van der Waals surface area (Å²) in [5, 5.41) is 2.52. The molecule has 156 valence electrons. The van der Waals surface area contributed by atoms with Crippen molar-refractivity contribution in [3.8, 4) is 0 Å². The minimum atomic E-state index is -4.04. The standard InChI is InChI=1S/C18H17ClF2N2O5S/c1-10(23(29(3,26)27)12-5-7-14(20)15(21)9-12)17(24)22-16-8-11(18(25)28-2)4-6-13(16)19/h4-10H,1-3H3,(H,22,24). The number of amides is 1. The van der Waals surface area contributed by atoms with Gasteiger partial charge in [-0.2, -0.15) is 0 Å². The summed E-state index contributed by atoms with van der Waals surface area (Å²) in [5.74, 6) is -3.91. The van der Waals surface area contributed by atoms with E-state index in [1.54, 1.807) is 0 Å². The molecule has 0 bridgehead atoms. The van der Waals surface area contributed by atoms with Gasteiger partial charge in [-0.3, -0.25) is 9.10 Å². The lowest BCUT2D eigenvalue weighted by atomic mass is 10.2. The summed E-state index contributed by atoms with van der Waals surface area (Å²) in [6, 6.07) is 5.12. The number of esters is 1. The highest BCUT2D eigenvalue weighted by Crippen LogP contribution is 2.26. The smallest absolute Gasteiger partial charge is 0.337 e. The highest BCUT2D eigenvalue weighted by Gasteiger charge is 2.30. The van der Waals surface area contributed by atoms with Crippen molar-refractivity contribution in [2.75, 3.05) is 23.0 Å². The molecular formula is C18H17ClF2N2O5S. The van der Waals surface area contributed by atoms with Crippen molar-refractivity contribution < 1.29 is 31.5 Å². The molecule has 0 aliphatic carbocycles. The molecule has 1 amide bonds. The number of benzene rings is 2. The molecule has 0 aliphatic rings. The average molecular weight is 447 g/mol. The van der Waals surface area contributed by atoms with Gasteiger partial charge in [0.05, 0.1) is 35.3 Å². The largest absolute Gasteiger partial charge is 0.465 e. The van der Waals surface area contributed by atoms with Gasteiger partial charge in [-0.1, -0.05) is 11.6 Å². The van der Waals surface area contributed by atoms with Crippen molar-refractivity contribution in [2.24, 2.45) is 0 Å². The van der Waals surface area contributed by atoms with E-state index in [4.69, 9.17) is 11.6 Å². The molecule has 11 heteroatoms. The van der Waals surface area contributed by atoms with Crippen LogP contribution in [-0.4, -0.2) is 39.7 Å². The van der Waals surface area contributed by atoms with Crippen LogP contribution in [-0.2, 0) is 19.6 Å². The molecule has 1 N–H and O–H groups in total. The van der Waals surface area contributed by atoms with Gasteiger partial charge in [-0.05, 0) is 37.3 Å². The number of nitrogens with one attached hydrogen (secondary N) is 1. The molecule has 2 rings (SSSR count). The SMILES string of the molecule is COC(=O)c1ccc(Cl)c(NC(=O)C(C)N(c2ccc(F)c(F)c2)S(C)(=O)=O)c1. The maximum absolute atomic E-state index is 13.6. The molecule has 0 fully saturated rings. The number of hydrogen-bond acceptors (Lipinski definition) is 5. The highest BCUT2D eigenvalue weighted by atomic mass is 35.5. The molecule has 0 saturated carbocycles. The quantitative estimate of drug-likeness (QED) is 0.688. The third kappa shape index (κ3) is 5.21. The molecule has 0 radical (unpaired) electrons. The molecule has 2 aromatic rings. The monoisotopic (exact) mass is 446 g/mol. The van der Waals surface area contributed by atoms with Crippen LogP contribution >= 0.6 is 11.6 Å². The number of anilines is 2. The van der Waals surface area contributed by atoms with Crippen LogP contribution in [0.15, 0.2) is 36.4 Å². The van der Waals surface area contributed by atoms with Crippen LogP contribution in [0, 0.1) is 11.6 Å². The minimum Gasteiger partial charge on any atom is -0.465 e. The number of carbonyl (C=O) groups is 2. The predicted molar refractivity (Wildman–Crippen MR) is 105 cm³/mol. The Hall–Kier alpha value is -2.72. The minimum absolute atomic E-state index is 0.0464. The maximum Gasteiger partial charge on any atom is 0.337 e. The second-order valence-electron chi connectivity index (χ2n) is 6.01. The third-order valence-corrected chi connectivity index (χ3v) is 5.46. The van der Waals surface area contributed by atoms with E-state index in [2.05, 4.69) is 10.1 Å². The average Bonchev–Trinajstić information content (AvgIpc) is 2.64. The van der Waals surface area contributed by atoms with Crippen LogP contribution in [0.2, 0.25) is 5.02 Å². The van der Waals surface area contributed by atoms with Crippen LogP contribution < -0.4 is 9.62 Å². The predicted octanol–water partition coefficient (Wildman–Crippen LogP) is 3.20. The molecule has 0 aliphatic heterocycles. The topological polar surface area (TPSA) is 92.8 Å². The Morgan fingerprint density at radius 1 is 1.14 bits per heavy atom. The van der Waals surface area contributed by atoms with Gasteiger partial charge >= 0.3 is 5.97 Å². The number of methoxy groups -OCH3 is 1. The Bertz CT molecular complexity index is 1060. The number of sulfonamides is 1. The first kappa shape index (κ1) is 22.6. The molecule has 1 atom stereocenters. The Balaban J connectivity index is 2.37. The molecule has 0 spiro atoms. The number of ether oxygens (including phenoxy) is 1. The van der Waals surface area contributed by atoms with Gasteiger partial charge in [0.2, 0.25) is 15.9 Å². The summed E-state index contributed by atoms with van der Waals surface area (Å²) >= 11 is 6.03. The third-order valence-electron chi connectivity index (χ3n) is 3.89. The zero-order valence-corrected chi connectivity index (χ0v) is 17.1. The first-order chi connectivity index (χ1) is 13.5. The summed E-state index contributed by atoms with van der Waals surface area (Å²) < 4.78 is 56.5. The van der Waals surface area contributed by atoms with Crippen LogP contribution in [0.5, 0.6) is 0 Å². The summed E-state index contributed by atoms with van der Waals surface area (Å²) in [4.78, 5) is 24.3. The van der Waals surface area contributed by atoms with Gasteiger partial charge in [0.25, 0.3) is 0 Å². The Morgan fingerprint density at radius 3 is 2.34 bits per heavy atom. The fourth-order valence-electron chi connectivity index (χ4n) is 2.53. The zero-order valence-electron chi connectivity index (χ0n) is 15.6. The van der Waals surface area contributed by atoms with E-state index in [-0.39, 0.29) is 22.0 Å². The Labute approximate surface area is 171 Å².